The molecule has 0 fully saturated rings. The summed E-state index contributed by atoms with van der Waals surface area (Å²) in [6.07, 6.45) is 0.793. The maximum atomic E-state index is 5.63. The van der Waals surface area contributed by atoms with Gasteiger partial charge in [0.05, 0.1) is 19.4 Å². The van der Waals surface area contributed by atoms with Gasteiger partial charge < -0.3 is 9.47 Å². The number of rotatable bonds is 5. The molecule has 1 N–H and O–H groups in total. The molecule has 0 amide bonds. The Kier molecular flexibility index (Phi) is 3.65. The molecule has 0 spiro atoms. The molecular formula is C13H16N2O2. The Bertz CT molecular complexity index is 480. The van der Waals surface area contributed by atoms with Gasteiger partial charge in [0.15, 0.2) is 0 Å². The zero-order chi connectivity index (χ0) is 12.1. The number of aromatic nitrogens is 2. The molecule has 1 aromatic heterocycles. The van der Waals surface area contributed by atoms with Crippen LogP contribution in [-0.4, -0.2) is 23.9 Å². The van der Waals surface area contributed by atoms with Gasteiger partial charge in [0.1, 0.15) is 11.5 Å². The molecule has 0 aliphatic rings. The van der Waals surface area contributed by atoms with E-state index in [1.807, 2.05) is 37.3 Å². The smallest absolute Gasteiger partial charge is 0.123 e. The molecule has 4 heteroatoms. The largest absolute Gasteiger partial charge is 0.497 e. The topological polar surface area (TPSA) is 47.1 Å². The maximum absolute atomic E-state index is 5.63. The molecule has 0 atom stereocenters. The van der Waals surface area contributed by atoms with E-state index in [4.69, 9.17) is 9.47 Å². The normalized spacial score (nSPS) is 10.2. The second-order valence-electron chi connectivity index (χ2n) is 3.82. The summed E-state index contributed by atoms with van der Waals surface area (Å²) in [4.78, 5) is 0. The number of aryl methyl sites for hydroxylation is 1. The summed E-state index contributed by atoms with van der Waals surface area (Å²) in [7, 11) is 1.64. The molecule has 0 saturated carbocycles. The summed E-state index contributed by atoms with van der Waals surface area (Å²) >= 11 is 0. The van der Waals surface area contributed by atoms with Gasteiger partial charge in [-0.25, -0.2) is 0 Å². The maximum Gasteiger partial charge on any atom is 0.123 e. The number of benzene rings is 1. The van der Waals surface area contributed by atoms with Crippen LogP contribution < -0.4 is 9.47 Å². The van der Waals surface area contributed by atoms with E-state index in [1.54, 1.807) is 7.11 Å². The van der Waals surface area contributed by atoms with Gasteiger partial charge in [-0.05, 0) is 25.1 Å². The molecule has 4 nitrogen and oxygen atoms in total. The van der Waals surface area contributed by atoms with Crippen molar-refractivity contribution in [2.24, 2.45) is 0 Å². The fourth-order valence-corrected chi connectivity index (χ4v) is 1.57. The Balaban J connectivity index is 1.85. The van der Waals surface area contributed by atoms with Gasteiger partial charge in [-0.2, -0.15) is 5.10 Å². The summed E-state index contributed by atoms with van der Waals surface area (Å²) < 4.78 is 10.8. The van der Waals surface area contributed by atoms with Crippen molar-refractivity contribution in [1.82, 2.24) is 10.2 Å². The summed E-state index contributed by atoms with van der Waals surface area (Å²) in [5.41, 5.74) is 2.09. The van der Waals surface area contributed by atoms with Crippen LogP contribution in [0.3, 0.4) is 0 Å². The third-order valence-corrected chi connectivity index (χ3v) is 2.43. The molecule has 1 aromatic carbocycles. The Morgan fingerprint density at radius 3 is 2.76 bits per heavy atom. The minimum Gasteiger partial charge on any atom is -0.497 e. The molecular weight excluding hydrogens is 216 g/mol. The third-order valence-electron chi connectivity index (χ3n) is 2.43. The molecule has 2 aromatic rings. The minimum absolute atomic E-state index is 0.609. The van der Waals surface area contributed by atoms with Crippen molar-refractivity contribution in [1.29, 1.82) is 0 Å². The van der Waals surface area contributed by atoms with E-state index in [-0.39, 0.29) is 0 Å². The first kappa shape index (κ1) is 11.5. The molecule has 0 aliphatic carbocycles. The van der Waals surface area contributed by atoms with Crippen LogP contribution in [0.15, 0.2) is 30.3 Å². The van der Waals surface area contributed by atoms with Crippen molar-refractivity contribution >= 4 is 0 Å². The predicted molar refractivity (Wildman–Crippen MR) is 65.5 cm³/mol. The molecule has 0 aliphatic heterocycles. The Morgan fingerprint density at radius 1 is 1.24 bits per heavy atom. The second-order valence-corrected chi connectivity index (χ2v) is 3.82. The van der Waals surface area contributed by atoms with Crippen LogP contribution in [0.25, 0.3) is 0 Å². The lowest BCUT2D eigenvalue weighted by Gasteiger charge is -2.06. The van der Waals surface area contributed by atoms with Crippen molar-refractivity contribution in [3.8, 4) is 11.5 Å². The molecule has 0 bridgehead atoms. The van der Waals surface area contributed by atoms with Crippen LogP contribution in [-0.2, 0) is 6.42 Å². The van der Waals surface area contributed by atoms with E-state index < -0.39 is 0 Å². The molecule has 0 unspecified atom stereocenters. The first-order chi connectivity index (χ1) is 8.28. The highest BCUT2D eigenvalue weighted by Gasteiger charge is 2.00. The van der Waals surface area contributed by atoms with E-state index in [9.17, 15) is 0 Å². The van der Waals surface area contributed by atoms with E-state index in [2.05, 4.69) is 10.2 Å². The Labute approximate surface area is 101 Å². The van der Waals surface area contributed by atoms with Crippen molar-refractivity contribution in [2.75, 3.05) is 13.7 Å². The van der Waals surface area contributed by atoms with Crippen LogP contribution in [0.5, 0.6) is 11.5 Å². The van der Waals surface area contributed by atoms with E-state index in [0.29, 0.717) is 6.61 Å². The number of hydrogen-bond donors (Lipinski definition) is 1. The fraction of sp³-hybridized carbons (Fsp3) is 0.308. The number of methoxy groups -OCH3 is 1. The number of hydrogen-bond acceptors (Lipinski definition) is 3. The van der Waals surface area contributed by atoms with Crippen molar-refractivity contribution in [3.05, 3.63) is 41.7 Å². The standard InChI is InChI=1S/C13H16N2O2/c1-10-8-11(15-14-10)6-7-17-13-5-3-4-12(9-13)16-2/h3-5,8-9H,6-7H2,1-2H3,(H,14,15). The van der Waals surface area contributed by atoms with Gasteiger partial charge in [-0.3, -0.25) is 5.10 Å². The molecule has 0 saturated heterocycles. The zero-order valence-electron chi connectivity index (χ0n) is 10.1. The minimum atomic E-state index is 0.609. The average molecular weight is 232 g/mol. The van der Waals surface area contributed by atoms with Crippen molar-refractivity contribution in [3.63, 3.8) is 0 Å². The number of aromatic amines is 1. The number of nitrogens with one attached hydrogen (secondary N) is 1. The molecule has 0 radical (unpaired) electrons. The summed E-state index contributed by atoms with van der Waals surface area (Å²) in [6.45, 7) is 2.59. The van der Waals surface area contributed by atoms with Gasteiger partial charge in [0, 0.05) is 18.2 Å². The number of nitrogens with zero attached hydrogens (tertiary/aromatic N) is 1. The quantitative estimate of drug-likeness (QED) is 0.860. The fourth-order valence-electron chi connectivity index (χ4n) is 1.57. The van der Waals surface area contributed by atoms with Gasteiger partial charge >= 0.3 is 0 Å². The molecule has 90 valence electrons. The number of ether oxygens (including phenoxy) is 2. The van der Waals surface area contributed by atoms with Gasteiger partial charge in [-0.1, -0.05) is 6.07 Å². The average Bonchev–Trinajstić information content (AvgIpc) is 2.75. The van der Waals surface area contributed by atoms with Crippen molar-refractivity contribution < 1.29 is 9.47 Å². The van der Waals surface area contributed by atoms with Crippen LogP contribution >= 0.6 is 0 Å². The Hall–Kier alpha value is -1.97. The van der Waals surface area contributed by atoms with Crippen LogP contribution in [0.1, 0.15) is 11.4 Å². The highest BCUT2D eigenvalue weighted by Crippen LogP contribution is 2.18. The molecule has 2 rings (SSSR count). The predicted octanol–water partition coefficient (Wildman–Crippen LogP) is 2.35. The van der Waals surface area contributed by atoms with Crippen LogP contribution in [0.4, 0.5) is 0 Å². The summed E-state index contributed by atoms with van der Waals surface area (Å²) in [5, 5.41) is 7.06. The highest BCUT2D eigenvalue weighted by molar-refractivity contribution is 5.32. The van der Waals surface area contributed by atoms with Crippen LogP contribution in [0.2, 0.25) is 0 Å². The zero-order valence-corrected chi connectivity index (χ0v) is 10.1. The monoisotopic (exact) mass is 232 g/mol. The Morgan fingerprint density at radius 2 is 2.06 bits per heavy atom. The second kappa shape index (κ2) is 5.39. The first-order valence-electron chi connectivity index (χ1n) is 5.55. The lowest BCUT2D eigenvalue weighted by molar-refractivity contribution is 0.317. The first-order valence-corrected chi connectivity index (χ1v) is 5.55. The number of H-pyrrole nitrogens is 1. The lowest BCUT2D eigenvalue weighted by atomic mass is 10.3. The molecule has 1 heterocycles. The van der Waals surface area contributed by atoms with E-state index in [1.165, 1.54) is 0 Å². The highest BCUT2D eigenvalue weighted by atomic mass is 16.5. The van der Waals surface area contributed by atoms with E-state index >= 15 is 0 Å². The SMILES string of the molecule is COc1cccc(OCCc2cc(C)[nH]n2)c1. The third kappa shape index (κ3) is 3.24. The van der Waals surface area contributed by atoms with Gasteiger partial charge in [0.2, 0.25) is 0 Å². The van der Waals surface area contributed by atoms with Gasteiger partial charge in [0.25, 0.3) is 0 Å². The summed E-state index contributed by atoms with van der Waals surface area (Å²) in [5.74, 6) is 1.62. The molecule has 17 heavy (non-hydrogen) atoms. The van der Waals surface area contributed by atoms with Crippen LogP contribution in [0, 0.1) is 6.92 Å². The lowest BCUT2D eigenvalue weighted by Crippen LogP contribution is -2.01. The summed E-state index contributed by atoms with van der Waals surface area (Å²) in [6, 6.07) is 9.61. The van der Waals surface area contributed by atoms with E-state index in [0.717, 1.165) is 29.3 Å². The van der Waals surface area contributed by atoms with Gasteiger partial charge in [-0.15, -0.1) is 0 Å². The van der Waals surface area contributed by atoms with Crippen molar-refractivity contribution in [2.45, 2.75) is 13.3 Å².